The van der Waals surface area contributed by atoms with Crippen molar-refractivity contribution in [3.63, 3.8) is 0 Å². The normalized spacial score (nSPS) is 30.8. The van der Waals surface area contributed by atoms with Crippen molar-refractivity contribution in [2.24, 2.45) is 5.41 Å². The van der Waals surface area contributed by atoms with Gasteiger partial charge < -0.3 is 4.74 Å². The van der Waals surface area contributed by atoms with Gasteiger partial charge in [-0.05, 0) is 24.8 Å². The first-order valence-corrected chi connectivity index (χ1v) is 7.12. The molecule has 2 fully saturated rings. The number of benzene rings is 1. The van der Waals surface area contributed by atoms with E-state index in [0.29, 0.717) is 18.4 Å². The minimum absolute atomic E-state index is 0.0710. The molecule has 1 aromatic carbocycles. The zero-order chi connectivity index (χ0) is 14.5. The molecule has 0 aromatic heterocycles. The largest absolute Gasteiger partial charge is 0.357 e. The van der Waals surface area contributed by atoms with Crippen LogP contribution in [0.1, 0.15) is 49.0 Å². The van der Waals surface area contributed by atoms with Gasteiger partial charge in [0.15, 0.2) is 11.6 Å². The number of carbonyl (C=O) groups excluding carboxylic acids is 2. The Labute approximate surface area is 119 Å². The van der Waals surface area contributed by atoms with E-state index in [1.807, 2.05) is 31.2 Å². The minimum Gasteiger partial charge on any atom is -0.357 e. The number of hydrogen-bond acceptors (Lipinski definition) is 3. The summed E-state index contributed by atoms with van der Waals surface area (Å²) in [6.07, 6.45) is 1.31. The maximum atomic E-state index is 12.4. The van der Waals surface area contributed by atoms with Crippen LogP contribution in [0.4, 0.5) is 0 Å². The average Bonchev–Trinajstić information content (AvgIpc) is 3.01. The van der Waals surface area contributed by atoms with E-state index in [1.165, 1.54) is 0 Å². The molecule has 1 saturated carbocycles. The Kier molecular flexibility index (Phi) is 2.87. The van der Waals surface area contributed by atoms with Gasteiger partial charge in [0, 0.05) is 18.4 Å². The van der Waals surface area contributed by atoms with Crippen LogP contribution in [-0.2, 0) is 9.53 Å². The first kappa shape index (κ1) is 13.5. The maximum Gasteiger partial charge on any atom is 0.165 e. The van der Waals surface area contributed by atoms with Crippen LogP contribution >= 0.6 is 0 Å². The Bertz CT molecular complexity index is 588. The number of ketones is 2. The van der Waals surface area contributed by atoms with Gasteiger partial charge in [-0.3, -0.25) is 9.59 Å². The summed E-state index contributed by atoms with van der Waals surface area (Å²) in [5.74, 6) is 0.222. The smallest absolute Gasteiger partial charge is 0.165 e. The zero-order valence-corrected chi connectivity index (χ0v) is 12.2. The monoisotopic (exact) mass is 272 g/mol. The summed E-state index contributed by atoms with van der Waals surface area (Å²) < 4.78 is 5.67. The molecule has 1 heterocycles. The number of Topliss-reactive ketones (excluding diaryl/α,β-unsaturated/α-hetero) is 2. The van der Waals surface area contributed by atoms with E-state index in [2.05, 4.69) is 13.8 Å². The second kappa shape index (κ2) is 4.26. The van der Waals surface area contributed by atoms with Crippen LogP contribution in [0.15, 0.2) is 24.3 Å². The highest BCUT2D eigenvalue weighted by molar-refractivity contribution is 5.99. The van der Waals surface area contributed by atoms with Crippen molar-refractivity contribution in [3.05, 3.63) is 35.4 Å². The molecule has 2 unspecified atom stereocenters. The van der Waals surface area contributed by atoms with E-state index in [9.17, 15) is 9.59 Å². The lowest BCUT2D eigenvalue weighted by molar-refractivity contribution is -0.123. The number of hydrogen-bond donors (Lipinski definition) is 0. The molecule has 1 aromatic rings. The Balaban J connectivity index is 1.78. The van der Waals surface area contributed by atoms with Crippen LogP contribution in [0, 0.1) is 12.3 Å². The van der Waals surface area contributed by atoms with E-state index in [4.69, 9.17) is 4.74 Å². The van der Waals surface area contributed by atoms with Crippen molar-refractivity contribution >= 4 is 11.6 Å². The Hall–Kier alpha value is -1.48. The van der Waals surface area contributed by atoms with Crippen molar-refractivity contribution in [2.75, 3.05) is 0 Å². The summed E-state index contributed by atoms with van der Waals surface area (Å²) in [7, 11) is 0. The molecule has 20 heavy (non-hydrogen) atoms. The Morgan fingerprint density at radius 3 is 2.85 bits per heavy atom. The van der Waals surface area contributed by atoms with E-state index in [0.717, 1.165) is 12.0 Å². The summed E-state index contributed by atoms with van der Waals surface area (Å²) in [4.78, 5) is 24.4. The molecular weight excluding hydrogens is 252 g/mol. The SMILES string of the molecule is Cc1cccc(C(=O)CC23CC(C)(C)CC(=O)C2O3)c1. The average molecular weight is 272 g/mol. The standard InChI is InChI=1S/C17H20O3/c1-11-5-4-6-12(7-11)13(18)9-17-10-16(2,3)8-14(19)15(17)20-17/h4-7,15H,8-10H2,1-3H3. The highest BCUT2D eigenvalue weighted by Crippen LogP contribution is 2.54. The first-order valence-electron chi connectivity index (χ1n) is 7.12. The van der Waals surface area contributed by atoms with Gasteiger partial charge in [-0.2, -0.15) is 0 Å². The first-order chi connectivity index (χ1) is 9.31. The van der Waals surface area contributed by atoms with Gasteiger partial charge >= 0.3 is 0 Å². The Morgan fingerprint density at radius 2 is 2.15 bits per heavy atom. The maximum absolute atomic E-state index is 12.4. The predicted molar refractivity (Wildman–Crippen MR) is 75.8 cm³/mol. The molecule has 3 rings (SSSR count). The van der Waals surface area contributed by atoms with E-state index < -0.39 is 5.60 Å². The van der Waals surface area contributed by atoms with E-state index in [-0.39, 0.29) is 23.1 Å². The lowest BCUT2D eigenvalue weighted by atomic mass is 9.70. The highest BCUT2D eigenvalue weighted by atomic mass is 16.6. The molecule has 1 aliphatic carbocycles. The molecule has 0 radical (unpaired) electrons. The molecule has 2 aliphatic rings. The summed E-state index contributed by atoms with van der Waals surface area (Å²) in [5.41, 5.74) is 1.18. The fraction of sp³-hybridized carbons (Fsp3) is 0.529. The lowest BCUT2D eigenvalue weighted by Gasteiger charge is -2.31. The molecule has 3 nitrogen and oxygen atoms in total. The quantitative estimate of drug-likeness (QED) is 0.627. The Morgan fingerprint density at radius 1 is 1.40 bits per heavy atom. The second-order valence-corrected chi connectivity index (χ2v) is 7.02. The third kappa shape index (κ3) is 2.31. The molecule has 106 valence electrons. The molecule has 0 amide bonds. The van der Waals surface area contributed by atoms with Crippen LogP contribution in [-0.4, -0.2) is 23.3 Å². The third-order valence-corrected chi connectivity index (χ3v) is 4.30. The van der Waals surface area contributed by atoms with Crippen LogP contribution in [0.5, 0.6) is 0 Å². The molecular formula is C17H20O3. The summed E-state index contributed by atoms with van der Waals surface area (Å²) in [5, 5.41) is 0. The number of epoxide rings is 1. The molecule has 1 aliphatic heterocycles. The number of fused-ring (bicyclic) bond motifs is 1. The predicted octanol–water partition coefficient (Wildman–Crippen LogP) is 3.09. The van der Waals surface area contributed by atoms with Crippen molar-refractivity contribution in [1.29, 1.82) is 0 Å². The number of rotatable bonds is 3. The topological polar surface area (TPSA) is 46.7 Å². The summed E-state index contributed by atoms with van der Waals surface area (Å²) >= 11 is 0. The molecule has 3 heteroatoms. The van der Waals surface area contributed by atoms with Gasteiger partial charge in [-0.1, -0.05) is 37.6 Å². The number of ether oxygens (including phenoxy) is 1. The van der Waals surface area contributed by atoms with Crippen LogP contribution in [0.2, 0.25) is 0 Å². The van der Waals surface area contributed by atoms with Crippen molar-refractivity contribution in [1.82, 2.24) is 0 Å². The second-order valence-electron chi connectivity index (χ2n) is 7.02. The summed E-state index contributed by atoms with van der Waals surface area (Å²) in [6, 6.07) is 7.59. The van der Waals surface area contributed by atoms with Crippen molar-refractivity contribution in [2.45, 2.75) is 51.7 Å². The fourth-order valence-corrected chi connectivity index (χ4v) is 3.52. The van der Waals surface area contributed by atoms with Crippen molar-refractivity contribution in [3.8, 4) is 0 Å². The zero-order valence-electron chi connectivity index (χ0n) is 12.2. The van der Waals surface area contributed by atoms with E-state index >= 15 is 0 Å². The highest BCUT2D eigenvalue weighted by Gasteiger charge is 2.65. The molecule has 2 atom stereocenters. The number of carbonyl (C=O) groups is 2. The molecule has 1 saturated heterocycles. The van der Waals surface area contributed by atoms with Crippen LogP contribution < -0.4 is 0 Å². The molecule has 0 N–H and O–H groups in total. The third-order valence-electron chi connectivity index (χ3n) is 4.30. The van der Waals surface area contributed by atoms with Crippen molar-refractivity contribution < 1.29 is 14.3 Å². The van der Waals surface area contributed by atoms with Gasteiger partial charge in [0.2, 0.25) is 0 Å². The fourth-order valence-electron chi connectivity index (χ4n) is 3.52. The van der Waals surface area contributed by atoms with Gasteiger partial charge in [0.25, 0.3) is 0 Å². The van der Waals surface area contributed by atoms with Gasteiger partial charge in [-0.25, -0.2) is 0 Å². The summed E-state index contributed by atoms with van der Waals surface area (Å²) in [6.45, 7) is 6.11. The molecule has 0 spiro atoms. The number of aryl methyl sites for hydroxylation is 1. The van der Waals surface area contributed by atoms with E-state index in [1.54, 1.807) is 0 Å². The lowest BCUT2D eigenvalue weighted by Crippen LogP contribution is -2.37. The minimum atomic E-state index is -0.528. The van der Waals surface area contributed by atoms with Crippen LogP contribution in [0.25, 0.3) is 0 Å². The van der Waals surface area contributed by atoms with Gasteiger partial charge in [0.1, 0.15) is 11.7 Å². The van der Waals surface area contributed by atoms with Crippen LogP contribution in [0.3, 0.4) is 0 Å². The van der Waals surface area contributed by atoms with Gasteiger partial charge in [-0.15, -0.1) is 0 Å². The van der Waals surface area contributed by atoms with Gasteiger partial charge in [0.05, 0.1) is 0 Å². The molecule has 0 bridgehead atoms.